The maximum absolute atomic E-state index is 12.2. The highest BCUT2D eigenvalue weighted by atomic mass is 16.6. The van der Waals surface area contributed by atoms with Gasteiger partial charge < -0.3 is 10.6 Å². The van der Waals surface area contributed by atoms with Gasteiger partial charge in [0.05, 0.1) is 4.92 Å². The molecule has 0 heterocycles. The van der Waals surface area contributed by atoms with Crippen molar-refractivity contribution in [2.24, 2.45) is 5.92 Å². The molecule has 2 rings (SSSR count). The van der Waals surface area contributed by atoms with Gasteiger partial charge >= 0.3 is 0 Å². The highest BCUT2D eigenvalue weighted by Crippen LogP contribution is 2.35. The Balaban J connectivity index is 2.07. The lowest BCUT2D eigenvalue weighted by molar-refractivity contribution is -0.384. The number of hydrogen-bond donors (Lipinski definition) is 2. The Hall–Kier alpha value is -2.11. The number of carbonyl (C=O) groups is 1. The summed E-state index contributed by atoms with van der Waals surface area (Å²) in [5.41, 5.74) is 0.832. The number of benzene rings is 1. The van der Waals surface area contributed by atoms with Gasteiger partial charge in [0.25, 0.3) is 11.6 Å². The lowest BCUT2D eigenvalue weighted by Crippen LogP contribution is -2.27. The number of rotatable bonds is 7. The summed E-state index contributed by atoms with van der Waals surface area (Å²) in [6.07, 6.45) is 3.29. The highest BCUT2D eigenvalue weighted by Gasteiger charge is 2.37. The Labute approximate surface area is 124 Å². The number of hydrogen-bond acceptors (Lipinski definition) is 4. The summed E-state index contributed by atoms with van der Waals surface area (Å²) in [7, 11) is 0. The fraction of sp³-hybridized carbons (Fsp3) is 0.533. The largest absolute Gasteiger partial charge is 0.380 e. The number of carbonyl (C=O) groups excluding carboxylic acids is 1. The molecule has 2 atom stereocenters. The van der Waals surface area contributed by atoms with Crippen LogP contribution in [0.3, 0.4) is 0 Å². The first-order chi connectivity index (χ1) is 10.1. The molecule has 1 aliphatic rings. The van der Waals surface area contributed by atoms with E-state index in [2.05, 4.69) is 17.6 Å². The molecule has 21 heavy (non-hydrogen) atoms. The standard InChI is InChI=1S/C15H21N3O3/c1-3-5-10-8-12(10)17-15(19)11-6-7-14(18(20)21)13(9-11)16-4-2/h6-7,9-10,12,16H,3-5,8H2,1-2H3,(H,17,19). The molecular weight excluding hydrogens is 270 g/mol. The molecule has 114 valence electrons. The fourth-order valence-corrected chi connectivity index (χ4v) is 2.53. The van der Waals surface area contributed by atoms with Crippen LogP contribution in [0.2, 0.25) is 0 Å². The van der Waals surface area contributed by atoms with Crippen molar-refractivity contribution in [1.29, 1.82) is 0 Å². The summed E-state index contributed by atoms with van der Waals surface area (Å²) in [5, 5.41) is 16.9. The molecule has 2 N–H and O–H groups in total. The van der Waals surface area contributed by atoms with Gasteiger partial charge in [0, 0.05) is 24.2 Å². The van der Waals surface area contributed by atoms with Crippen molar-refractivity contribution in [2.45, 2.75) is 39.2 Å². The zero-order valence-corrected chi connectivity index (χ0v) is 12.4. The van der Waals surface area contributed by atoms with E-state index in [1.807, 2.05) is 6.92 Å². The van der Waals surface area contributed by atoms with Crippen LogP contribution >= 0.6 is 0 Å². The van der Waals surface area contributed by atoms with Gasteiger partial charge in [-0.1, -0.05) is 13.3 Å². The van der Waals surface area contributed by atoms with Crippen LogP contribution in [0.4, 0.5) is 11.4 Å². The Morgan fingerprint density at radius 2 is 2.19 bits per heavy atom. The van der Waals surface area contributed by atoms with Crippen LogP contribution in [0, 0.1) is 16.0 Å². The fourth-order valence-electron chi connectivity index (χ4n) is 2.53. The van der Waals surface area contributed by atoms with Crippen molar-refractivity contribution >= 4 is 17.3 Å². The molecule has 0 radical (unpaired) electrons. The Kier molecular flexibility index (Phi) is 4.77. The number of nitro groups is 1. The molecule has 0 aliphatic heterocycles. The summed E-state index contributed by atoms with van der Waals surface area (Å²) in [6, 6.07) is 4.69. The number of nitrogens with one attached hydrogen (secondary N) is 2. The average molecular weight is 291 g/mol. The van der Waals surface area contributed by atoms with E-state index >= 15 is 0 Å². The van der Waals surface area contributed by atoms with Gasteiger partial charge in [-0.3, -0.25) is 14.9 Å². The molecule has 1 aromatic rings. The third-order valence-electron chi connectivity index (χ3n) is 3.72. The molecule has 1 aromatic carbocycles. The van der Waals surface area contributed by atoms with E-state index in [0.717, 1.165) is 19.3 Å². The van der Waals surface area contributed by atoms with Crippen LogP contribution in [0.25, 0.3) is 0 Å². The molecule has 1 aliphatic carbocycles. The van der Waals surface area contributed by atoms with Gasteiger partial charge in [-0.25, -0.2) is 0 Å². The summed E-state index contributed by atoms with van der Waals surface area (Å²) in [6.45, 7) is 4.55. The number of amides is 1. The molecule has 1 amide bonds. The third-order valence-corrected chi connectivity index (χ3v) is 3.72. The van der Waals surface area contributed by atoms with E-state index in [1.54, 1.807) is 6.07 Å². The van der Waals surface area contributed by atoms with Crippen molar-refractivity contribution in [2.75, 3.05) is 11.9 Å². The smallest absolute Gasteiger partial charge is 0.292 e. The molecule has 0 aromatic heterocycles. The third kappa shape index (κ3) is 3.71. The predicted octanol–water partition coefficient (Wildman–Crippen LogP) is 2.95. The molecule has 6 heteroatoms. The highest BCUT2D eigenvalue weighted by molar-refractivity contribution is 5.96. The van der Waals surface area contributed by atoms with Crippen LogP contribution in [-0.4, -0.2) is 23.4 Å². The quantitative estimate of drug-likeness (QED) is 0.597. The Morgan fingerprint density at radius 1 is 1.43 bits per heavy atom. The van der Waals surface area contributed by atoms with Crippen molar-refractivity contribution in [3.63, 3.8) is 0 Å². The van der Waals surface area contributed by atoms with E-state index in [9.17, 15) is 14.9 Å². The van der Waals surface area contributed by atoms with Gasteiger partial charge in [-0.2, -0.15) is 0 Å². The van der Waals surface area contributed by atoms with E-state index in [4.69, 9.17) is 0 Å². The molecule has 0 bridgehead atoms. The Morgan fingerprint density at radius 3 is 2.81 bits per heavy atom. The minimum Gasteiger partial charge on any atom is -0.380 e. The van der Waals surface area contributed by atoms with Gasteiger partial charge in [0.15, 0.2) is 0 Å². The first-order valence-electron chi connectivity index (χ1n) is 7.40. The average Bonchev–Trinajstić information content (AvgIpc) is 3.17. The molecule has 6 nitrogen and oxygen atoms in total. The van der Waals surface area contributed by atoms with Crippen molar-refractivity contribution in [3.8, 4) is 0 Å². The van der Waals surface area contributed by atoms with E-state index in [0.29, 0.717) is 23.7 Å². The summed E-state index contributed by atoms with van der Waals surface area (Å²) >= 11 is 0. The minimum absolute atomic E-state index is 0.0105. The van der Waals surface area contributed by atoms with Crippen molar-refractivity contribution in [3.05, 3.63) is 33.9 Å². The summed E-state index contributed by atoms with van der Waals surface area (Å²) < 4.78 is 0. The van der Waals surface area contributed by atoms with Crippen LogP contribution in [0.5, 0.6) is 0 Å². The van der Waals surface area contributed by atoms with E-state index in [1.165, 1.54) is 12.1 Å². The molecule has 0 saturated heterocycles. The van der Waals surface area contributed by atoms with Crippen LogP contribution in [0.15, 0.2) is 18.2 Å². The normalized spacial score (nSPS) is 19.9. The lowest BCUT2D eigenvalue weighted by atomic mass is 10.1. The Bertz CT molecular complexity index is 545. The number of anilines is 1. The van der Waals surface area contributed by atoms with Gasteiger partial charge in [0.2, 0.25) is 0 Å². The molecule has 1 saturated carbocycles. The second-order valence-electron chi connectivity index (χ2n) is 5.38. The van der Waals surface area contributed by atoms with Crippen molar-refractivity contribution < 1.29 is 9.72 Å². The first-order valence-corrected chi connectivity index (χ1v) is 7.40. The summed E-state index contributed by atoms with van der Waals surface area (Å²) in [4.78, 5) is 22.7. The van der Waals surface area contributed by atoms with E-state index < -0.39 is 4.92 Å². The summed E-state index contributed by atoms with van der Waals surface area (Å²) in [5.74, 6) is 0.429. The topological polar surface area (TPSA) is 84.3 Å². The van der Waals surface area contributed by atoms with Crippen molar-refractivity contribution in [1.82, 2.24) is 5.32 Å². The van der Waals surface area contributed by atoms with Gasteiger partial charge in [-0.15, -0.1) is 0 Å². The lowest BCUT2D eigenvalue weighted by Gasteiger charge is -2.08. The molecule has 2 unspecified atom stereocenters. The first kappa shape index (κ1) is 15.3. The van der Waals surface area contributed by atoms with Gasteiger partial charge in [-0.05, 0) is 37.8 Å². The van der Waals surface area contributed by atoms with Crippen LogP contribution in [-0.2, 0) is 0 Å². The minimum atomic E-state index is -0.447. The maximum atomic E-state index is 12.2. The monoisotopic (exact) mass is 291 g/mol. The molecular formula is C15H21N3O3. The molecule has 0 spiro atoms. The second kappa shape index (κ2) is 6.56. The van der Waals surface area contributed by atoms with Gasteiger partial charge in [0.1, 0.15) is 5.69 Å². The maximum Gasteiger partial charge on any atom is 0.292 e. The predicted molar refractivity (Wildman–Crippen MR) is 81.5 cm³/mol. The zero-order chi connectivity index (χ0) is 15.4. The SMILES string of the molecule is CCCC1CC1NC(=O)c1ccc([N+](=O)[O-])c(NCC)c1. The zero-order valence-electron chi connectivity index (χ0n) is 12.4. The number of nitrogens with zero attached hydrogens (tertiary/aromatic N) is 1. The van der Waals surface area contributed by atoms with Crippen LogP contribution < -0.4 is 10.6 Å². The van der Waals surface area contributed by atoms with E-state index in [-0.39, 0.29) is 17.6 Å². The second-order valence-corrected chi connectivity index (χ2v) is 5.38. The number of nitro benzene ring substituents is 1. The van der Waals surface area contributed by atoms with Crippen LogP contribution in [0.1, 0.15) is 43.5 Å². The molecule has 1 fully saturated rings.